The average molecular weight is 495 g/mol. The Labute approximate surface area is 218 Å². The van der Waals surface area contributed by atoms with E-state index in [1.807, 2.05) is 46.8 Å². The Balaban J connectivity index is 1.83. The van der Waals surface area contributed by atoms with Crippen molar-refractivity contribution in [1.29, 1.82) is 0 Å². The van der Waals surface area contributed by atoms with Crippen LogP contribution in [0.2, 0.25) is 0 Å². The molecule has 0 aromatic heterocycles. The smallest absolute Gasteiger partial charge is 0.163 e. The first kappa shape index (κ1) is 28.4. The van der Waals surface area contributed by atoms with Gasteiger partial charge in [0.2, 0.25) is 0 Å². The summed E-state index contributed by atoms with van der Waals surface area (Å²) in [6.07, 6.45) is 5.42. The highest BCUT2D eigenvalue weighted by atomic mass is 16.7. The normalized spacial score (nSPS) is 19.1. The molecule has 1 aliphatic rings. The molecule has 1 saturated heterocycles. The highest BCUT2D eigenvalue weighted by molar-refractivity contribution is 5.57. The van der Waals surface area contributed by atoms with Gasteiger partial charge in [-0.2, -0.15) is 0 Å². The zero-order valence-corrected chi connectivity index (χ0v) is 23.8. The molecule has 2 aromatic carbocycles. The number of ether oxygens (including phenoxy) is 3. The third-order valence-electron chi connectivity index (χ3n) is 7.59. The molecule has 0 amide bonds. The second kappa shape index (κ2) is 11.1. The molecular weight excluding hydrogens is 448 g/mol. The molecule has 0 saturated carbocycles. The monoisotopic (exact) mass is 494 g/mol. The summed E-state index contributed by atoms with van der Waals surface area (Å²) >= 11 is 0. The van der Waals surface area contributed by atoms with Crippen molar-refractivity contribution in [2.45, 2.75) is 98.6 Å². The van der Waals surface area contributed by atoms with Gasteiger partial charge in [-0.1, -0.05) is 77.1 Å². The summed E-state index contributed by atoms with van der Waals surface area (Å²) in [5, 5.41) is 10.4. The van der Waals surface area contributed by atoms with Crippen LogP contribution in [-0.4, -0.2) is 36.3 Å². The Morgan fingerprint density at radius 1 is 1.03 bits per heavy atom. The fraction of sp³-hybridized carbons (Fsp3) is 0.562. The largest absolute Gasteiger partial charge is 0.491 e. The first-order valence-electron chi connectivity index (χ1n) is 13.3. The fourth-order valence-corrected chi connectivity index (χ4v) is 5.01. The van der Waals surface area contributed by atoms with Gasteiger partial charge in [0.15, 0.2) is 5.79 Å². The van der Waals surface area contributed by atoms with Crippen molar-refractivity contribution in [1.82, 2.24) is 0 Å². The van der Waals surface area contributed by atoms with Crippen molar-refractivity contribution in [3.8, 4) is 5.75 Å². The summed E-state index contributed by atoms with van der Waals surface area (Å²) in [5.74, 6) is 0.354. The number of hydrogen-bond acceptors (Lipinski definition) is 4. The lowest BCUT2D eigenvalue weighted by atomic mass is 9.70. The quantitative estimate of drug-likeness (QED) is 0.396. The van der Waals surface area contributed by atoms with E-state index in [-0.39, 0.29) is 16.9 Å². The van der Waals surface area contributed by atoms with Crippen LogP contribution in [0.1, 0.15) is 89.1 Å². The van der Waals surface area contributed by atoms with Crippen molar-refractivity contribution in [3.63, 3.8) is 0 Å². The Bertz CT molecular complexity index is 1060. The summed E-state index contributed by atoms with van der Waals surface area (Å²) in [6.45, 7) is 19.8. The topological polar surface area (TPSA) is 47.9 Å². The minimum atomic E-state index is -0.537. The molecule has 3 rings (SSSR count). The van der Waals surface area contributed by atoms with Crippen LogP contribution in [0.5, 0.6) is 5.75 Å². The summed E-state index contributed by atoms with van der Waals surface area (Å²) in [4.78, 5) is 0. The van der Waals surface area contributed by atoms with Crippen LogP contribution in [0.3, 0.4) is 0 Å². The molecule has 36 heavy (non-hydrogen) atoms. The molecule has 0 aliphatic carbocycles. The van der Waals surface area contributed by atoms with Crippen LogP contribution in [0.25, 0.3) is 6.08 Å². The van der Waals surface area contributed by atoms with Crippen LogP contribution < -0.4 is 4.74 Å². The SMILES string of the molecule is CCC(CC)(c1ccc(C=CC(O)C(C)(C)C)c(C)c1)c1ccc(OCC2COC(C)(C)O2)c(C)c1. The van der Waals surface area contributed by atoms with Gasteiger partial charge in [-0.3, -0.25) is 0 Å². The van der Waals surface area contributed by atoms with Crippen LogP contribution >= 0.6 is 0 Å². The number of aliphatic hydroxyl groups is 1. The second-order valence-corrected chi connectivity index (χ2v) is 11.8. The molecular formula is C32H46O4. The van der Waals surface area contributed by atoms with Crippen LogP contribution in [0.4, 0.5) is 0 Å². The number of hydrogen-bond donors (Lipinski definition) is 1. The molecule has 0 radical (unpaired) electrons. The van der Waals surface area contributed by atoms with E-state index in [0.717, 1.165) is 29.7 Å². The maximum atomic E-state index is 10.4. The molecule has 4 nitrogen and oxygen atoms in total. The Kier molecular flexibility index (Phi) is 8.75. The molecule has 4 heteroatoms. The van der Waals surface area contributed by atoms with Gasteiger partial charge in [0.05, 0.1) is 12.7 Å². The average Bonchev–Trinajstić information content (AvgIpc) is 3.16. The molecule has 0 spiro atoms. The number of benzene rings is 2. The maximum absolute atomic E-state index is 10.4. The van der Waals surface area contributed by atoms with Crippen molar-refractivity contribution in [2.75, 3.05) is 13.2 Å². The van der Waals surface area contributed by atoms with Gasteiger partial charge in [-0.15, -0.1) is 0 Å². The van der Waals surface area contributed by atoms with Gasteiger partial charge in [0.25, 0.3) is 0 Å². The van der Waals surface area contributed by atoms with E-state index < -0.39 is 11.9 Å². The Hall–Kier alpha value is -2.14. The minimum absolute atomic E-state index is 0.0514. The molecule has 198 valence electrons. The standard InChI is InChI=1S/C32H46O4/c1-10-32(11-2,25-14-12-24(22(3)18-25)13-17-29(33)30(5,6)7)26-15-16-28(23(4)19-26)34-20-27-21-35-31(8,9)36-27/h12-19,27,29,33H,10-11,20-21H2,1-9H3. The molecule has 1 N–H and O–H groups in total. The van der Waals surface area contributed by atoms with E-state index in [4.69, 9.17) is 14.2 Å². The molecule has 0 bridgehead atoms. The molecule has 2 unspecified atom stereocenters. The highest BCUT2D eigenvalue weighted by Crippen LogP contribution is 2.41. The van der Waals surface area contributed by atoms with E-state index in [9.17, 15) is 5.11 Å². The summed E-state index contributed by atoms with van der Waals surface area (Å²) in [7, 11) is 0. The summed E-state index contributed by atoms with van der Waals surface area (Å²) in [5.41, 5.74) is 5.87. The lowest BCUT2D eigenvalue weighted by molar-refractivity contribution is -0.141. The predicted octanol–water partition coefficient (Wildman–Crippen LogP) is 7.36. The number of aryl methyl sites for hydroxylation is 2. The third-order valence-corrected chi connectivity index (χ3v) is 7.59. The zero-order valence-electron chi connectivity index (χ0n) is 23.8. The predicted molar refractivity (Wildman–Crippen MR) is 149 cm³/mol. The van der Waals surface area contributed by atoms with Crippen LogP contribution in [-0.2, 0) is 14.9 Å². The van der Waals surface area contributed by atoms with E-state index in [0.29, 0.717) is 13.2 Å². The Morgan fingerprint density at radius 2 is 1.64 bits per heavy atom. The van der Waals surface area contributed by atoms with Gasteiger partial charge in [-0.05, 0) is 79.8 Å². The van der Waals surface area contributed by atoms with Gasteiger partial charge in [0.1, 0.15) is 18.5 Å². The molecule has 1 heterocycles. The first-order valence-corrected chi connectivity index (χ1v) is 13.3. The van der Waals surface area contributed by atoms with Crippen molar-refractivity contribution < 1.29 is 19.3 Å². The Morgan fingerprint density at radius 3 is 2.14 bits per heavy atom. The first-order chi connectivity index (χ1) is 16.8. The molecule has 1 aliphatic heterocycles. The summed E-state index contributed by atoms with van der Waals surface area (Å²) in [6, 6.07) is 13.3. The maximum Gasteiger partial charge on any atom is 0.163 e. The van der Waals surface area contributed by atoms with Crippen molar-refractivity contribution in [2.24, 2.45) is 5.41 Å². The molecule has 1 fully saturated rings. The number of aliphatic hydroxyl groups excluding tert-OH is 1. The summed E-state index contributed by atoms with van der Waals surface area (Å²) < 4.78 is 17.7. The highest BCUT2D eigenvalue weighted by Gasteiger charge is 2.34. The zero-order chi connectivity index (χ0) is 26.7. The number of rotatable bonds is 9. The second-order valence-electron chi connectivity index (χ2n) is 11.8. The van der Waals surface area contributed by atoms with Crippen molar-refractivity contribution >= 4 is 6.08 Å². The van der Waals surface area contributed by atoms with Gasteiger partial charge >= 0.3 is 0 Å². The lowest BCUT2D eigenvalue weighted by Gasteiger charge is -2.34. The lowest BCUT2D eigenvalue weighted by Crippen LogP contribution is -2.27. The fourth-order valence-electron chi connectivity index (χ4n) is 5.01. The van der Waals surface area contributed by atoms with E-state index >= 15 is 0 Å². The van der Waals surface area contributed by atoms with Crippen LogP contribution in [0, 0.1) is 19.3 Å². The van der Waals surface area contributed by atoms with Gasteiger partial charge in [-0.25, -0.2) is 0 Å². The minimum Gasteiger partial charge on any atom is -0.491 e. The van der Waals surface area contributed by atoms with Gasteiger partial charge < -0.3 is 19.3 Å². The molecule has 2 atom stereocenters. The van der Waals surface area contributed by atoms with E-state index in [1.54, 1.807) is 0 Å². The molecule has 2 aromatic rings. The van der Waals surface area contributed by atoms with Crippen molar-refractivity contribution in [3.05, 3.63) is 70.3 Å². The van der Waals surface area contributed by atoms with Gasteiger partial charge in [0, 0.05) is 5.41 Å². The third kappa shape index (κ3) is 6.40. The van der Waals surface area contributed by atoms with E-state index in [1.165, 1.54) is 16.7 Å². The van der Waals surface area contributed by atoms with Crippen LogP contribution in [0.15, 0.2) is 42.5 Å². The van der Waals surface area contributed by atoms with E-state index in [2.05, 4.69) is 64.1 Å².